The van der Waals surface area contributed by atoms with E-state index < -0.39 is 0 Å². The zero-order valence-electron chi connectivity index (χ0n) is 6.94. The molecule has 0 aliphatic heterocycles. The van der Waals surface area contributed by atoms with Gasteiger partial charge in [-0.2, -0.15) is 0 Å². The Hall–Kier alpha value is 0.217. The van der Waals surface area contributed by atoms with Gasteiger partial charge in [-0.1, -0.05) is 56.9 Å². The molecule has 0 nitrogen and oxygen atoms in total. The highest BCUT2D eigenvalue weighted by molar-refractivity contribution is 6.11. The van der Waals surface area contributed by atoms with Crippen molar-refractivity contribution in [3.05, 3.63) is 0 Å². The molecular weight excluding hydrogens is 136 g/mol. The molecule has 10 heavy (non-hydrogen) atoms. The molecule has 0 aromatic carbocycles. The van der Waals surface area contributed by atoms with Crippen molar-refractivity contribution in [3.8, 4) is 0 Å². The van der Waals surface area contributed by atoms with E-state index >= 15 is 0 Å². The first-order valence-corrected chi connectivity index (χ1v) is 5.54. The van der Waals surface area contributed by atoms with E-state index in [0.29, 0.717) is 0 Å². The predicted molar refractivity (Wildman–Crippen MR) is 49.2 cm³/mol. The molecule has 1 saturated carbocycles. The lowest BCUT2D eigenvalue weighted by Gasteiger charge is -2.06. The monoisotopic (exact) mass is 155 g/mol. The van der Waals surface area contributed by atoms with Crippen LogP contribution in [-0.2, 0) is 0 Å². The summed E-state index contributed by atoms with van der Waals surface area (Å²) >= 11 is 0. The van der Waals surface area contributed by atoms with Gasteiger partial charge in [0.2, 0.25) is 0 Å². The zero-order chi connectivity index (χ0) is 7.23. The molecule has 1 radical (unpaired) electrons. The van der Waals surface area contributed by atoms with Crippen molar-refractivity contribution in [2.24, 2.45) is 0 Å². The van der Waals surface area contributed by atoms with Gasteiger partial charge in [-0.3, -0.25) is 0 Å². The standard InChI is InChI=1S/C9H19Si/c10-9-7-5-3-1-2-4-6-8-9/h9H,1-8,10H2. The van der Waals surface area contributed by atoms with E-state index in [4.69, 9.17) is 0 Å². The Morgan fingerprint density at radius 1 is 0.700 bits per heavy atom. The van der Waals surface area contributed by atoms with Gasteiger partial charge in [-0.15, -0.1) is 0 Å². The summed E-state index contributed by atoms with van der Waals surface area (Å²) < 4.78 is 0. The van der Waals surface area contributed by atoms with Gasteiger partial charge < -0.3 is 0 Å². The van der Waals surface area contributed by atoms with E-state index in [1.807, 2.05) is 0 Å². The van der Waals surface area contributed by atoms with E-state index in [0.717, 1.165) is 5.54 Å². The van der Waals surface area contributed by atoms with Crippen LogP contribution in [0.3, 0.4) is 0 Å². The maximum atomic E-state index is 2.22. The summed E-state index contributed by atoms with van der Waals surface area (Å²) in [6.45, 7) is 0. The van der Waals surface area contributed by atoms with E-state index in [-0.39, 0.29) is 0 Å². The second-order valence-corrected chi connectivity index (χ2v) is 4.72. The summed E-state index contributed by atoms with van der Waals surface area (Å²) in [5.41, 5.74) is 1.04. The molecule has 1 aliphatic rings. The third-order valence-corrected chi connectivity index (χ3v) is 3.29. The predicted octanol–water partition coefficient (Wildman–Crippen LogP) is 2.54. The zero-order valence-corrected chi connectivity index (χ0v) is 8.36. The van der Waals surface area contributed by atoms with Crippen LogP contribution < -0.4 is 0 Å². The Morgan fingerprint density at radius 2 is 1.10 bits per heavy atom. The van der Waals surface area contributed by atoms with Crippen LogP contribution in [0.5, 0.6) is 0 Å². The molecule has 1 rings (SSSR count). The van der Waals surface area contributed by atoms with Crippen LogP contribution in [0.1, 0.15) is 51.4 Å². The summed E-state index contributed by atoms with van der Waals surface area (Å²) in [7, 11) is 2.22. The molecule has 0 amide bonds. The Bertz CT molecular complexity index is 70.8. The number of hydrogen-bond donors (Lipinski definition) is 0. The minimum Gasteiger partial charge on any atom is -0.0539 e. The highest BCUT2D eigenvalue weighted by atomic mass is 28.1. The van der Waals surface area contributed by atoms with E-state index in [1.54, 1.807) is 0 Å². The average Bonchev–Trinajstić information content (AvgIpc) is 2.02. The van der Waals surface area contributed by atoms with E-state index in [1.165, 1.54) is 51.4 Å². The number of hydrogen-bond acceptors (Lipinski definition) is 0. The summed E-state index contributed by atoms with van der Waals surface area (Å²) in [6, 6.07) is 0. The van der Waals surface area contributed by atoms with Crippen molar-refractivity contribution in [1.82, 2.24) is 0 Å². The Morgan fingerprint density at radius 3 is 1.60 bits per heavy atom. The van der Waals surface area contributed by atoms with Gasteiger partial charge in [0.1, 0.15) is 0 Å². The first-order chi connectivity index (χ1) is 4.89. The summed E-state index contributed by atoms with van der Waals surface area (Å²) in [5, 5.41) is 0. The molecule has 1 aliphatic carbocycles. The summed E-state index contributed by atoms with van der Waals surface area (Å²) in [6.07, 6.45) is 12.0. The lowest BCUT2D eigenvalue weighted by atomic mass is 10.1. The number of rotatable bonds is 0. The van der Waals surface area contributed by atoms with Gasteiger partial charge in [-0.25, -0.2) is 0 Å². The lowest BCUT2D eigenvalue weighted by Crippen LogP contribution is -1.90. The first kappa shape index (κ1) is 8.31. The molecule has 0 atom stereocenters. The van der Waals surface area contributed by atoms with Crippen molar-refractivity contribution in [2.75, 3.05) is 0 Å². The highest BCUT2D eigenvalue weighted by Gasteiger charge is 2.03. The second kappa shape index (κ2) is 4.95. The topological polar surface area (TPSA) is 0 Å². The minimum atomic E-state index is 1.04. The SMILES string of the molecule is [SiH2]C1CCCCCCCC1. The maximum Gasteiger partial charge on any atom is 0.0121 e. The van der Waals surface area contributed by atoms with Gasteiger partial charge in [0.15, 0.2) is 0 Å². The van der Waals surface area contributed by atoms with Crippen molar-refractivity contribution in [1.29, 1.82) is 0 Å². The molecular formula is C9H19Si. The first-order valence-electron chi connectivity index (χ1n) is 4.72. The highest BCUT2D eigenvalue weighted by Crippen LogP contribution is 2.22. The smallest absolute Gasteiger partial charge is 0.0121 e. The summed E-state index contributed by atoms with van der Waals surface area (Å²) in [5.74, 6) is 0. The van der Waals surface area contributed by atoms with Gasteiger partial charge in [-0.05, 0) is 0 Å². The van der Waals surface area contributed by atoms with Crippen molar-refractivity contribution < 1.29 is 0 Å². The second-order valence-electron chi connectivity index (χ2n) is 3.56. The third-order valence-electron chi connectivity index (χ3n) is 2.47. The minimum absolute atomic E-state index is 1.04. The fourth-order valence-electron chi connectivity index (χ4n) is 1.72. The molecule has 0 saturated heterocycles. The van der Waals surface area contributed by atoms with E-state index in [9.17, 15) is 0 Å². The Labute approximate surface area is 67.8 Å². The molecule has 0 heterocycles. The Balaban J connectivity index is 2.15. The molecule has 0 N–H and O–H groups in total. The fraction of sp³-hybridized carbons (Fsp3) is 1.00. The van der Waals surface area contributed by atoms with Crippen molar-refractivity contribution >= 4 is 10.2 Å². The molecule has 59 valence electrons. The molecule has 0 aromatic heterocycles. The molecule has 0 bridgehead atoms. The van der Waals surface area contributed by atoms with Crippen LogP contribution in [0, 0.1) is 0 Å². The molecule has 0 spiro atoms. The molecule has 1 heteroatoms. The van der Waals surface area contributed by atoms with Crippen LogP contribution in [0.2, 0.25) is 5.54 Å². The normalized spacial score (nSPS) is 24.9. The van der Waals surface area contributed by atoms with Gasteiger partial charge in [0, 0.05) is 10.2 Å². The van der Waals surface area contributed by atoms with Crippen LogP contribution in [-0.4, -0.2) is 10.2 Å². The van der Waals surface area contributed by atoms with Gasteiger partial charge in [0.25, 0.3) is 0 Å². The van der Waals surface area contributed by atoms with Gasteiger partial charge >= 0.3 is 0 Å². The van der Waals surface area contributed by atoms with Crippen molar-refractivity contribution in [3.63, 3.8) is 0 Å². The lowest BCUT2D eigenvalue weighted by molar-refractivity contribution is 0.623. The molecule has 0 aromatic rings. The van der Waals surface area contributed by atoms with Crippen LogP contribution >= 0.6 is 0 Å². The molecule has 1 fully saturated rings. The van der Waals surface area contributed by atoms with Crippen LogP contribution in [0.4, 0.5) is 0 Å². The maximum absolute atomic E-state index is 2.22. The fourth-order valence-corrected chi connectivity index (χ4v) is 2.29. The van der Waals surface area contributed by atoms with Gasteiger partial charge in [0.05, 0.1) is 0 Å². The average molecular weight is 155 g/mol. The van der Waals surface area contributed by atoms with Crippen LogP contribution in [0.25, 0.3) is 0 Å². The quantitative estimate of drug-likeness (QED) is 0.472. The summed E-state index contributed by atoms with van der Waals surface area (Å²) in [4.78, 5) is 0. The Kier molecular flexibility index (Phi) is 4.11. The van der Waals surface area contributed by atoms with Crippen molar-refractivity contribution in [2.45, 2.75) is 56.9 Å². The largest absolute Gasteiger partial charge is 0.0539 e. The van der Waals surface area contributed by atoms with Crippen LogP contribution in [0.15, 0.2) is 0 Å². The molecule has 0 unspecified atom stereocenters. The van der Waals surface area contributed by atoms with E-state index in [2.05, 4.69) is 10.2 Å². The third kappa shape index (κ3) is 3.40.